The van der Waals surface area contributed by atoms with Crippen LogP contribution in [0.4, 0.5) is 4.79 Å². The van der Waals surface area contributed by atoms with Crippen LogP contribution in [0.15, 0.2) is 0 Å². The van der Waals surface area contributed by atoms with Crippen LogP contribution in [0.25, 0.3) is 0 Å². The van der Waals surface area contributed by atoms with Gasteiger partial charge in [0.05, 0.1) is 0 Å². The van der Waals surface area contributed by atoms with Crippen LogP contribution in [0.3, 0.4) is 0 Å². The molecule has 0 bridgehead atoms. The third-order valence-corrected chi connectivity index (χ3v) is 2.10. The second kappa shape index (κ2) is 5.34. The summed E-state index contributed by atoms with van der Waals surface area (Å²) in [5.74, 6) is -0.887. The number of hydrogen-bond donors (Lipinski definition) is 1. The Bertz CT molecular complexity index is 268. The molecule has 1 saturated heterocycles. The highest BCUT2D eigenvalue weighted by Gasteiger charge is 2.26. The van der Waals surface area contributed by atoms with E-state index < -0.39 is 11.5 Å². The molecule has 1 fully saturated rings. The van der Waals surface area contributed by atoms with Crippen molar-refractivity contribution in [3.63, 3.8) is 0 Å². The van der Waals surface area contributed by atoms with Gasteiger partial charge in [-0.2, -0.15) is 0 Å². The summed E-state index contributed by atoms with van der Waals surface area (Å²) in [5, 5.41) is 3.00. The lowest BCUT2D eigenvalue weighted by atomic mass is 10.0. The van der Waals surface area contributed by atoms with Gasteiger partial charge < -0.3 is 14.7 Å². The van der Waals surface area contributed by atoms with E-state index in [0.717, 1.165) is 19.4 Å². The molecule has 1 N–H and O–H groups in total. The van der Waals surface area contributed by atoms with E-state index >= 15 is 0 Å². The van der Waals surface area contributed by atoms with E-state index in [0.29, 0.717) is 0 Å². The van der Waals surface area contributed by atoms with Gasteiger partial charge in [0.15, 0.2) is 0 Å². The Hall–Kier alpha value is -1.04. The molecule has 0 amide bonds. The Morgan fingerprint density at radius 3 is 2.56 bits per heavy atom. The average Bonchev–Trinajstić information content (AvgIpc) is 2.64. The van der Waals surface area contributed by atoms with E-state index in [2.05, 4.69) is 5.32 Å². The summed E-state index contributed by atoms with van der Waals surface area (Å²) in [6, 6.07) is -0.262. The first-order chi connectivity index (χ1) is 7.38. The van der Waals surface area contributed by atoms with E-state index in [1.54, 1.807) is 20.8 Å². The maximum atomic E-state index is 11.4. The number of hydrogen-bond acceptors (Lipinski definition) is 5. The van der Waals surface area contributed by atoms with Crippen molar-refractivity contribution in [1.29, 1.82) is 0 Å². The van der Waals surface area contributed by atoms with Crippen molar-refractivity contribution >= 4 is 19.3 Å². The Labute approximate surface area is 96.1 Å². The van der Waals surface area contributed by atoms with Gasteiger partial charge in [-0.1, -0.05) is 0 Å². The van der Waals surface area contributed by atoms with Crippen molar-refractivity contribution in [2.24, 2.45) is 0 Å². The molecule has 0 unspecified atom stereocenters. The summed E-state index contributed by atoms with van der Waals surface area (Å²) >= 11 is 0. The van der Waals surface area contributed by atoms with Gasteiger partial charge in [-0.15, -0.1) is 0 Å². The molecule has 0 spiro atoms. The zero-order valence-corrected chi connectivity index (χ0v) is 10.0. The van der Waals surface area contributed by atoms with Crippen LogP contribution in [0, 0.1) is 0 Å². The van der Waals surface area contributed by atoms with Gasteiger partial charge in [0.2, 0.25) is 0 Å². The van der Waals surface area contributed by atoms with Crippen LogP contribution < -0.4 is 5.32 Å². The molecule has 0 aliphatic carbocycles. The normalized spacial score (nSPS) is 20.3. The van der Waals surface area contributed by atoms with Gasteiger partial charge in [-0.05, 0) is 40.2 Å². The lowest BCUT2D eigenvalue weighted by molar-refractivity contribution is -0.136. The maximum absolute atomic E-state index is 11.4. The summed E-state index contributed by atoms with van der Waals surface area (Å²) in [5.41, 5.74) is -0.547. The smallest absolute Gasteiger partial charge is 0.469 e. The molecule has 0 saturated carbocycles. The summed E-state index contributed by atoms with van der Waals surface area (Å²) < 4.78 is 9.87. The molecule has 0 aromatic carbocycles. The second-order valence-electron chi connectivity index (χ2n) is 4.84. The second-order valence-corrected chi connectivity index (χ2v) is 4.84. The van der Waals surface area contributed by atoms with Crippen molar-refractivity contribution < 1.29 is 19.0 Å². The van der Waals surface area contributed by atoms with Crippen molar-refractivity contribution in [2.45, 2.75) is 45.3 Å². The van der Waals surface area contributed by atoms with Crippen molar-refractivity contribution in [3.8, 4) is 0 Å². The summed E-state index contributed by atoms with van der Waals surface area (Å²) in [6.07, 6.45) is 1.74. The number of carbonyl (C=O) groups is 2. The highest BCUT2D eigenvalue weighted by molar-refractivity contribution is 6.68. The predicted molar refractivity (Wildman–Crippen MR) is 60.5 cm³/mol. The highest BCUT2D eigenvalue weighted by Crippen LogP contribution is 2.08. The van der Waals surface area contributed by atoms with Crippen LogP contribution in [0.2, 0.25) is 0 Å². The Morgan fingerprint density at radius 2 is 2.06 bits per heavy atom. The Balaban J connectivity index is 2.23. The van der Waals surface area contributed by atoms with Crippen molar-refractivity contribution in [2.75, 3.05) is 6.54 Å². The van der Waals surface area contributed by atoms with Gasteiger partial charge in [-0.3, -0.25) is 9.59 Å². The number of carbonyl (C=O) groups excluding carboxylic acids is 2. The standard InChI is InChI=1S/C10H18BNO4/c1-10(2,3)15-9(14)11-16-8(13)7-5-4-6-12-7/h7,11-12H,4-6H2,1-3H3/t7-/m0/s1. The minimum atomic E-state index is -0.547. The zero-order chi connectivity index (χ0) is 12.2. The molecule has 1 atom stereocenters. The first kappa shape index (κ1) is 13.0. The van der Waals surface area contributed by atoms with Crippen molar-refractivity contribution in [1.82, 2.24) is 5.32 Å². The molecule has 0 radical (unpaired) electrons. The van der Waals surface area contributed by atoms with Crippen LogP contribution in [0.5, 0.6) is 0 Å². The number of ether oxygens (including phenoxy) is 1. The average molecular weight is 227 g/mol. The quantitative estimate of drug-likeness (QED) is 0.714. The van der Waals surface area contributed by atoms with Crippen LogP contribution >= 0.6 is 0 Å². The van der Waals surface area contributed by atoms with Gasteiger partial charge in [0.1, 0.15) is 11.6 Å². The number of rotatable bonds is 3. The molecule has 0 aromatic rings. The summed E-state index contributed by atoms with van der Waals surface area (Å²) in [7, 11) is -0.311. The third kappa shape index (κ3) is 4.66. The van der Waals surface area contributed by atoms with Crippen LogP contribution in [-0.4, -0.2) is 37.5 Å². The third-order valence-electron chi connectivity index (χ3n) is 2.10. The predicted octanol–water partition coefficient (Wildman–Crippen LogP) is 0.568. The molecule has 0 aromatic heterocycles. The number of nitrogens with one attached hydrogen (secondary N) is 1. The zero-order valence-electron chi connectivity index (χ0n) is 10.0. The maximum Gasteiger partial charge on any atom is 0.469 e. The molecule has 1 heterocycles. The first-order valence-electron chi connectivity index (χ1n) is 5.50. The first-order valence-corrected chi connectivity index (χ1v) is 5.50. The van der Waals surface area contributed by atoms with E-state index in [4.69, 9.17) is 9.39 Å². The van der Waals surface area contributed by atoms with E-state index in [1.165, 1.54) is 0 Å². The fraction of sp³-hybridized carbons (Fsp3) is 0.800. The van der Waals surface area contributed by atoms with Crippen molar-refractivity contribution in [3.05, 3.63) is 0 Å². The van der Waals surface area contributed by atoms with Crippen LogP contribution in [-0.2, 0) is 14.2 Å². The Kier molecular flexibility index (Phi) is 4.35. The SMILES string of the molecule is CC(C)(C)OC(=O)BOC(=O)[C@@H]1CCCN1. The van der Waals surface area contributed by atoms with Gasteiger partial charge in [0, 0.05) is 0 Å². The topological polar surface area (TPSA) is 64.6 Å². The lowest BCUT2D eigenvalue weighted by Crippen LogP contribution is -2.35. The summed E-state index contributed by atoms with van der Waals surface area (Å²) in [6.45, 7) is 6.13. The summed E-state index contributed by atoms with van der Waals surface area (Å²) in [4.78, 5) is 22.7. The fourth-order valence-corrected chi connectivity index (χ4v) is 1.49. The molecule has 5 nitrogen and oxygen atoms in total. The Morgan fingerprint density at radius 1 is 1.38 bits per heavy atom. The van der Waals surface area contributed by atoms with E-state index in [-0.39, 0.29) is 19.5 Å². The van der Waals surface area contributed by atoms with Gasteiger partial charge in [0.25, 0.3) is 0 Å². The minimum absolute atomic E-state index is 0.262. The molecule has 6 heteroatoms. The molecular formula is C10H18BNO4. The molecule has 1 aliphatic rings. The van der Waals surface area contributed by atoms with Crippen LogP contribution in [0.1, 0.15) is 33.6 Å². The molecular weight excluding hydrogens is 209 g/mol. The monoisotopic (exact) mass is 227 g/mol. The molecule has 1 aliphatic heterocycles. The van der Waals surface area contributed by atoms with E-state index in [9.17, 15) is 9.59 Å². The molecule has 1 rings (SSSR count). The molecule has 90 valence electrons. The molecule has 16 heavy (non-hydrogen) atoms. The fourth-order valence-electron chi connectivity index (χ4n) is 1.49. The van der Waals surface area contributed by atoms with Gasteiger partial charge in [-0.25, -0.2) is 0 Å². The van der Waals surface area contributed by atoms with Gasteiger partial charge >= 0.3 is 19.3 Å². The lowest BCUT2D eigenvalue weighted by Gasteiger charge is -2.19. The minimum Gasteiger partial charge on any atom is -0.525 e. The van der Waals surface area contributed by atoms with E-state index in [1.807, 2.05) is 0 Å². The largest absolute Gasteiger partial charge is 0.525 e. The highest BCUT2D eigenvalue weighted by atomic mass is 16.6.